The summed E-state index contributed by atoms with van der Waals surface area (Å²) in [7, 11) is 0. The lowest BCUT2D eigenvalue weighted by Crippen LogP contribution is -2.49. The van der Waals surface area contributed by atoms with Crippen LogP contribution in [0.1, 0.15) is 6.42 Å². The Kier molecular flexibility index (Phi) is 0.666. The van der Waals surface area contributed by atoms with Crippen molar-refractivity contribution in [1.29, 1.82) is 0 Å². The summed E-state index contributed by atoms with van der Waals surface area (Å²) in [5.41, 5.74) is 0. The standard InChI is InChI=1S/C11H12O2/c12-10-6-2-1-3-5-4(2)8(10)9(5)11(13)7(3)6/h2-10,12H,1H2/t2-,3+,4-,5-,6+,7+,8-,9+,10-/m0/s1. The van der Waals surface area contributed by atoms with Gasteiger partial charge in [-0.15, -0.1) is 0 Å². The second-order valence-electron chi connectivity index (χ2n) is 5.82. The van der Waals surface area contributed by atoms with E-state index in [-0.39, 0.29) is 6.10 Å². The Morgan fingerprint density at radius 2 is 1.85 bits per heavy atom. The Balaban J connectivity index is 1.87. The van der Waals surface area contributed by atoms with Gasteiger partial charge in [-0.25, -0.2) is 0 Å². The van der Waals surface area contributed by atoms with E-state index in [0.29, 0.717) is 35.4 Å². The predicted octanol–water partition coefficient (Wildman–Crippen LogP) is 0.304. The average molecular weight is 176 g/mol. The van der Waals surface area contributed by atoms with Gasteiger partial charge in [0.15, 0.2) is 0 Å². The van der Waals surface area contributed by atoms with E-state index in [4.69, 9.17) is 0 Å². The molecule has 5 aliphatic rings. The van der Waals surface area contributed by atoms with Crippen LogP contribution in [-0.2, 0) is 4.79 Å². The van der Waals surface area contributed by atoms with E-state index in [0.717, 1.165) is 17.8 Å². The number of aliphatic hydroxyl groups is 1. The number of fused-ring (bicyclic) bond motifs is 2. The van der Waals surface area contributed by atoms with E-state index in [2.05, 4.69) is 0 Å². The molecule has 0 spiro atoms. The minimum Gasteiger partial charge on any atom is -0.392 e. The summed E-state index contributed by atoms with van der Waals surface area (Å²) in [6.45, 7) is 0. The second kappa shape index (κ2) is 1.40. The molecule has 5 saturated carbocycles. The molecule has 0 unspecified atom stereocenters. The minimum absolute atomic E-state index is 0.0913. The van der Waals surface area contributed by atoms with Gasteiger partial charge in [0, 0.05) is 11.8 Å². The van der Waals surface area contributed by atoms with Crippen molar-refractivity contribution in [3.8, 4) is 0 Å². The van der Waals surface area contributed by atoms with Crippen LogP contribution < -0.4 is 0 Å². The van der Waals surface area contributed by atoms with Gasteiger partial charge in [0.25, 0.3) is 0 Å². The molecule has 0 aromatic heterocycles. The molecule has 0 aromatic carbocycles. The van der Waals surface area contributed by atoms with E-state index in [9.17, 15) is 9.90 Å². The molecule has 2 heteroatoms. The molecule has 5 aliphatic carbocycles. The molecule has 5 fully saturated rings. The highest BCUT2D eigenvalue weighted by Crippen LogP contribution is 2.81. The van der Waals surface area contributed by atoms with Crippen LogP contribution in [0.3, 0.4) is 0 Å². The topological polar surface area (TPSA) is 37.3 Å². The molecule has 5 rings (SSSR count). The fourth-order valence-electron chi connectivity index (χ4n) is 6.11. The predicted molar refractivity (Wildman–Crippen MR) is 43.6 cm³/mol. The van der Waals surface area contributed by atoms with Gasteiger partial charge in [-0.2, -0.15) is 0 Å². The van der Waals surface area contributed by atoms with Gasteiger partial charge >= 0.3 is 0 Å². The quantitative estimate of drug-likeness (QED) is 0.576. The first-order valence-electron chi connectivity index (χ1n) is 5.52. The van der Waals surface area contributed by atoms with E-state index in [1.165, 1.54) is 6.42 Å². The Morgan fingerprint density at radius 1 is 1.00 bits per heavy atom. The number of hydrogen-bond donors (Lipinski definition) is 1. The van der Waals surface area contributed by atoms with E-state index >= 15 is 0 Å². The molecule has 2 bridgehead atoms. The Hall–Kier alpha value is -0.370. The molecule has 2 nitrogen and oxygen atoms in total. The van der Waals surface area contributed by atoms with Crippen molar-refractivity contribution >= 4 is 5.78 Å². The average Bonchev–Trinajstić information content (AvgIpc) is 2.52. The first-order chi connectivity index (χ1) is 6.30. The van der Waals surface area contributed by atoms with Crippen molar-refractivity contribution < 1.29 is 9.90 Å². The number of rotatable bonds is 0. The summed E-state index contributed by atoms with van der Waals surface area (Å²) in [4.78, 5) is 11.9. The van der Waals surface area contributed by atoms with Crippen molar-refractivity contribution in [3.63, 3.8) is 0 Å². The highest BCUT2D eigenvalue weighted by molar-refractivity contribution is 5.91. The number of carbonyl (C=O) groups is 1. The smallest absolute Gasteiger partial charge is 0.140 e. The Bertz CT molecular complexity index is 350. The number of ketones is 1. The lowest BCUT2D eigenvalue weighted by molar-refractivity contribution is -0.141. The zero-order valence-corrected chi connectivity index (χ0v) is 7.26. The molecule has 0 radical (unpaired) electrons. The second-order valence-corrected chi connectivity index (χ2v) is 5.82. The van der Waals surface area contributed by atoms with Gasteiger partial charge in [0.2, 0.25) is 0 Å². The summed E-state index contributed by atoms with van der Waals surface area (Å²) in [6.07, 6.45) is 1.19. The maximum Gasteiger partial charge on any atom is 0.140 e. The normalized spacial score (nSPS) is 79.8. The first-order valence-corrected chi connectivity index (χ1v) is 5.52. The van der Waals surface area contributed by atoms with Gasteiger partial charge in [-0.05, 0) is 41.9 Å². The minimum atomic E-state index is -0.0913. The van der Waals surface area contributed by atoms with Gasteiger partial charge in [-0.1, -0.05) is 0 Å². The van der Waals surface area contributed by atoms with Gasteiger partial charge in [0.1, 0.15) is 5.78 Å². The molecule has 1 N–H and O–H groups in total. The summed E-state index contributed by atoms with van der Waals surface area (Å²) >= 11 is 0. The van der Waals surface area contributed by atoms with Crippen molar-refractivity contribution in [3.05, 3.63) is 0 Å². The van der Waals surface area contributed by atoms with Crippen LogP contribution in [0.5, 0.6) is 0 Å². The Labute approximate surface area is 76.3 Å². The summed E-state index contributed by atoms with van der Waals surface area (Å²) in [5.74, 6) is 4.97. The zero-order valence-electron chi connectivity index (χ0n) is 7.26. The SMILES string of the molecule is O=C1[C@@H]2[C@@H]3C[C@H]4[C@@H]5[C@H]([C@@H](O)[C@H]42)[C@H]1[C@@H]35. The van der Waals surface area contributed by atoms with Crippen LogP contribution in [0.2, 0.25) is 0 Å². The third-order valence-electron chi connectivity index (χ3n) is 6.07. The lowest BCUT2D eigenvalue weighted by atomic mass is 9.59. The fraction of sp³-hybridized carbons (Fsp3) is 0.909. The number of aliphatic hydroxyl groups excluding tert-OH is 1. The van der Waals surface area contributed by atoms with Crippen molar-refractivity contribution in [2.45, 2.75) is 12.5 Å². The molecule has 0 amide bonds. The fourth-order valence-corrected chi connectivity index (χ4v) is 6.11. The van der Waals surface area contributed by atoms with E-state index in [1.807, 2.05) is 0 Å². The van der Waals surface area contributed by atoms with E-state index < -0.39 is 0 Å². The van der Waals surface area contributed by atoms with Gasteiger partial charge in [-0.3, -0.25) is 4.79 Å². The highest BCUT2D eigenvalue weighted by atomic mass is 16.3. The third-order valence-corrected chi connectivity index (χ3v) is 6.07. The molecule has 0 saturated heterocycles. The van der Waals surface area contributed by atoms with Crippen LogP contribution in [0.25, 0.3) is 0 Å². The van der Waals surface area contributed by atoms with Crippen LogP contribution in [0, 0.1) is 47.3 Å². The third kappa shape index (κ3) is 0.349. The van der Waals surface area contributed by atoms with Crippen LogP contribution in [-0.4, -0.2) is 17.0 Å². The Morgan fingerprint density at radius 3 is 2.69 bits per heavy atom. The van der Waals surface area contributed by atoms with Crippen molar-refractivity contribution in [2.75, 3.05) is 0 Å². The first kappa shape index (κ1) is 6.18. The van der Waals surface area contributed by atoms with Gasteiger partial charge < -0.3 is 5.11 Å². The molecule has 13 heavy (non-hydrogen) atoms. The molecule has 68 valence electrons. The maximum absolute atomic E-state index is 11.9. The summed E-state index contributed by atoms with van der Waals surface area (Å²) in [5, 5.41) is 10.1. The number of hydrogen-bond acceptors (Lipinski definition) is 2. The van der Waals surface area contributed by atoms with Crippen LogP contribution >= 0.6 is 0 Å². The van der Waals surface area contributed by atoms with E-state index in [1.54, 1.807) is 0 Å². The summed E-state index contributed by atoms with van der Waals surface area (Å²) < 4.78 is 0. The monoisotopic (exact) mass is 176 g/mol. The molecule has 0 aromatic rings. The van der Waals surface area contributed by atoms with Crippen LogP contribution in [0.15, 0.2) is 0 Å². The molecule has 0 aliphatic heterocycles. The lowest BCUT2D eigenvalue weighted by Gasteiger charge is -2.45. The highest BCUT2D eigenvalue weighted by Gasteiger charge is 2.83. The zero-order chi connectivity index (χ0) is 8.48. The molecule has 9 atom stereocenters. The van der Waals surface area contributed by atoms with Crippen LogP contribution in [0.4, 0.5) is 0 Å². The number of Topliss-reactive ketones (excluding diaryl/α,β-unsaturated/α-hetero) is 1. The largest absolute Gasteiger partial charge is 0.392 e. The van der Waals surface area contributed by atoms with Gasteiger partial charge in [0.05, 0.1) is 6.10 Å². The molecular weight excluding hydrogens is 164 g/mol. The van der Waals surface area contributed by atoms with Crippen molar-refractivity contribution in [1.82, 2.24) is 0 Å². The molecule has 0 heterocycles. The van der Waals surface area contributed by atoms with Crippen molar-refractivity contribution in [2.24, 2.45) is 47.3 Å². The summed E-state index contributed by atoms with van der Waals surface area (Å²) in [6, 6.07) is 0. The number of carbonyl (C=O) groups excluding carboxylic acids is 1. The molecular formula is C11H12O2. The maximum atomic E-state index is 11.9.